The van der Waals surface area contributed by atoms with Gasteiger partial charge in [-0.15, -0.1) is 0 Å². The highest BCUT2D eigenvalue weighted by atomic mass is 35.5. The summed E-state index contributed by atoms with van der Waals surface area (Å²) >= 11 is 19.0. The number of rotatable bonds is 5. The molecule has 1 N–H and O–H groups in total. The largest absolute Gasteiger partial charge is 0.324 e. The molecule has 0 bridgehead atoms. The molecule has 0 aliphatic heterocycles. The second-order valence-electron chi connectivity index (χ2n) is 6.59. The second-order valence-corrected chi connectivity index (χ2v) is 8.75. The summed E-state index contributed by atoms with van der Waals surface area (Å²) in [5, 5.41) is 3.89. The first-order valence-corrected chi connectivity index (χ1v) is 11.3. The summed E-state index contributed by atoms with van der Waals surface area (Å²) in [7, 11) is 0. The van der Waals surface area contributed by atoms with Gasteiger partial charge >= 0.3 is 0 Å². The SMILES string of the molecule is O=C(CSc1nc2ccccc2c(=O)n1-c1ccccc1F)Nc1cc(Cl)c(Cl)cc1Cl. The number of amides is 1. The van der Waals surface area contributed by atoms with E-state index in [1.165, 1.54) is 34.9 Å². The fraction of sp³-hybridized carbons (Fsp3) is 0.0455. The Bertz CT molecular complexity index is 1410. The summed E-state index contributed by atoms with van der Waals surface area (Å²) in [5.41, 5.74) is 0.354. The van der Waals surface area contributed by atoms with E-state index in [1.54, 1.807) is 30.3 Å². The number of para-hydroxylation sites is 2. The lowest BCUT2D eigenvalue weighted by Gasteiger charge is -2.14. The van der Waals surface area contributed by atoms with E-state index in [1.807, 2.05) is 0 Å². The standard InChI is InChI=1S/C22H13Cl3FN3O2S/c23-13-9-15(25)18(10-14(13)24)27-20(30)11-32-22-28-17-7-3-1-5-12(17)21(31)29(22)19-8-4-2-6-16(19)26/h1-10H,11H2,(H,27,30). The third-order valence-corrected chi connectivity index (χ3v) is 6.43. The highest BCUT2D eigenvalue weighted by molar-refractivity contribution is 7.99. The molecular formula is C22H13Cl3FN3O2S. The molecule has 32 heavy (non-hydrogen) atoms. The van der Waals surface area contributed by atoms with Crippen LogP contribution in [-0.2, 0) is 4.79 Å². The van der Waals surface area contributed by atoms with Crippen molar-refractivity contribution in [1.82, 2.24) is 9.55 Å². The third-order valence-electron chi connectivity index (χ3n) is 4.45. The first-order valence-electron chi connectivity index (χ1n) is 9.19. The Morgan fingerprint density at radius 1 is 1.00 bits per heavy atom. The Morgan fingerprint density at radius 3 is 2.47 bits per heavy atom. The van der Waals surface area contributed by atoms with Crippen LogP contribution in [0.3, 0.4) is 0 Å². The Balaban J connectivity index is 1.68. The number of fused-ring (bicyclic) bond motifs is 1. The van der Waals surface area contributed by atoms with Crippen molar-refractivity contribution in [2.24, 2.45) is 0 Å². The summed E-state index contributed by atoms with van der Waals surface area (Å²) in [6.45, 7) is 0. The summed E-state index contributed by atoms with van der Waals surface area (Å²) < 4.78 is 15.7. The first kappa shape index (κ1) is 22.6. The zero-order valence-electron chi connectivity index (χ0n) is 16.1. The van der Waals surface area contributed by atoms with Gasteiger partial charge in [0.25, 0.3) is 5.56 Å². The molecule has 0 unspecified atom stereocenters. The number of thioether (sulfide) groups is 1. The maximum Gasteiger partial charge on any atom is 0.266 e. The minimum atomic E-state index is -0.583. The van der Waals surface area contributed by atoms with E-state index in [9.17, 15) is 14.0 Å². The maximum absolute atomic E-state index is 14.5. The molecule has 0 saturated carbocycles. The van der Waals surface area contributed by atoms with Crippen molar-refractivity contribution in [2.45, 2.75) is 5.16 Å². The van der Waals surface area contributed by atoms with Crippen molar-refractivity contribution >= 4 is 69.1 Å². The number of hydrogen-bond donors (Lipinski definition) is 1. The molecule has 3 aromatic carbocycles. The van der Waals surface area contributed by atoms with Crippen LogP contribution in [0.2, 0.25) is 15.1 Å². The van der Waals surface area contributed by atoms with Crippen LogP contribution in [0.25, 0.3) is 16.6 Å². The van der Waals surface area contributed by atoms with E-state index in [-0.39, 0.29) is 31.7 Å². The van der Waals surface area contributed by atoms with Crippen molar-refractivity contribution in [1.29, 1.82) is 0 Å². The highest BCUT2D eigenvalue weighted by Gasteiger charge is 2.17. The Morgan fingerprint density at radius 2 is 1.69 bits per heavy atom. The van der Waals surface area contributed by atoms with Crippen LogP contribution in [0, 0.1) is 5.82 Å². The van der Waals surface area contributed by atoms with Crippen LogP contribution >= 0.6 is 46.6 Å². The summed E-state index contributed by atoms with van der Waals surface area (Å²) in [4.78, 5) is 30.2. The van der Waals surface area contributed by atoms with Gasteiger partial charge < -0.3 is 5.32 Å². The molecule has 0 spiro atoms. The molecular weight excluding hydrogens is 496 g/mol. The quantitative estimate of drug-likeness (QED) is 0.198. The molecule has 10 heteroatoms. The molecule has 4 aromatic rings. The lowest BCUT2D eigenvalue weighted by atomic mass is 10.2. The van der Waals surface area contributed by atoms with E-state index in [0.29, 0.717) is 16.6 Å². The van der Waals surface area contributed by atoms with Crippen molar-refractivity contribution in [3.8, 4) is 5.69 Å². The average molecular weight is 509 g/mol. The molecule has 0 saturated heterocycles. The molecule has 0 atom stereocenters. The Labute approximate surface area is 201 Å². The molecule has 162 valence electrons. The van der Waals surface area contributed by atoms with Gasteiger partial charge in [-0.25, -0.2) is 9.37 Å². The predicted octanol–water partition coefficient (Wildman–Crippen LogP) is 6.22. The van der Waals surface area contributed by atoms with Gasteiger partial charge in [0.05, 0.1) is 43.1 Å². The molecule has 0 fully saturated rings. The van der Waals surface area contributed by atoms with Crippen molar-refractivity contribution in [3.05, 3.63) is 91.9 Å². The number of carbonyl (C=O) groups excluding carboxylic acids is 1. The average Bonchev–Trinajstić information content (AvgIpc) is 2.77. The van der Waals surface area contributed by atoms with Gasteiger partial charge in [0.2, 0.25) is 5.91 Å². The normalized spacial score (nSPS) is 11.0. The zero-order chi connectivity index (χ0) is 22.8. The number of aromatic nitrogens is 2. The van der Waals surface area contributed by atoms with Crippen molar-refractivity contribution < 1.29 is 9.18 Å². The molecule has 1 amide bonds. The lowest BCUT2D eigenvalue weighted by molar-refractivity contribution is -0.113. The van der Waals surface area contributed by atoms with Crippen molar-refractivity contribution in [3.63, 3.8) is 0 Å². The third kappa shape index (κ3) is 4.61. The van der Waals surface area contributed by atoms with Gasteiger partial charge in [0.1, 0.15) is 5.82 Å². The van der Waals surface area contributed by atoms with Gasteiger partial charge in [0, 0.05) is 0 Å². The van der Waals surface area contributed by atoms with Crippen LogP contribution in [0.4, 0.5) is 10.1 Å². The molecule has 0 aliphatic rings. The van der Waals surface area contributed by atoms with Gasteiger partial charge in [0.15, 0.2) is 5.16 Å². The zero-order valence-corrected chi connectivity index (χ0v) is 19.2. The number of halogens is 4. The minimum absolute atomic E-state index is 0.0474. The molecule has 1 aromatic heterocycles. The monoisotopic (exact) mass is 507 g/mol. The number of nitrogens with zero attached hydrogens (tertiary/aromatic N) is 2. The van der Waals surface area contributed by atoms with Crippen LogP contribution in [-0.4, -0.2) is 21.2 Å². The molecule has 0 radical (unpaired) electrons. The summed E-state index contributed by atoms with van der Waals surface area (Å²) in [6, 6.07) is 15.5. The fourth-order valence-electron chi connectivity index (χ4n) is 2.99. The van der Waals surface area contributed by atoms with Crippen LogP contribution in [0.5, 0.6) is 0 Å². The van der Waals surface area contributed by atoms with Crippen molar-refractivity contribution in [2.75, 3.05) is 11.1 Å². The minimum Gasteiger partial charge on any atom is -0.324 e. The number of benzene rings is 3. The summed E-state index contributed by atoms with van der Waals surface area (Å²) in [6.07, 6.45) is 0. The van der Waals surface area contributed by atoms with Gasteiger partial charge in [-0.1, -0.05) is 70.8 Å². The molecule has 0 aliphatic carbocycles. The van der Waals surface area contributed by atoms with E-state index < -0.39 is 17.3 Å². The maximum atomic E-state index is 14.5. The first-order chi connectivity index (χ1) is 15.3. The topological polar surface area (TPSA) is 64.0 Å². The smallest absolute Gasteiger partial charge is 0.266 e. The number of hydrogen-bond acceptors (Lipinski definition) is 4. The van der Waals surface area contributed by atoms with Gasteiger partial charge in [-0.05, 0) is 36.4 Å². The molecule has 5 nitrogen and oxygen atoms in total. The number of carbonyl (C=O) groups is 1. The van der Waals surface area contributed by atoms with E-state index in [0.717, 1.165) is 11.8 Å². The fourth-order valence-corrected chi connectivity index (χ4v) is 4.39. The highest BCUT2D eigenvalue weighted by Crippen LogP contribution is 2.32. The van der Waals surface area contributed by atoms with Crippen LogP contribution in [0.1, 0.15) is 0 Å². The van der Waals surface area contributed by atoms with E-state index in [4.69, 9.17) is 34.8 Å². The van der Waals surface area contributed by atoms with Gasteiger partial charge in [-0.2, -0.15) is 0 Å². The molecule has 4 rings (SSSR count). The van der Waals surface area contributed by atoms with Crippen LogP contribution < -0.4 is 10.9 Å². The summed E-state index contributed by atoms with van der Waals surface area (Å²) in [5.74, 6) is -1.12. The van der Waals surface area contributed by atoms with Gasteiger partial charge in [-0.3, -0.25) is 14.2 Å². The second kappa shape index (κ2) is 9.50. The lowest BCUT2D eigenvalue weighted by Crippen LogP contribution is -2.23. The Kier molecular flexibility index (Phi) is 6.71. The molecule has 1 heterocycles. The van der Waals surface area contributed by atoms with E-state index >= 15 is 0 Å². The number of nitrogens with one attached hydrogen (secondary N) is 1. The van der Waals surface area contributed by atoms with Crippen LogP contribution in [0.15, 0.2) is 70.6 Å². The Hall–Kier alpha value is -2.58. The number of anilines is 1. The van der Waals surface area contributed by atoms with E-state index in [2.05, 4.69) is 10.3 Å². The predicted molar refractivity (Wildman–Crippen MR) is 128 cm³/mol.